The van der Waals surface area contributed by atoms with Crippen LogP contribution in [0, 0.1) is 0 Å². The number of anilines is 1. The van der Waals surface area contributed by atoms with Crippen LogP contribution >= 0.6 is 11.6 Å². The van der Waals surface area contributed by atoms with E-state index in [-0.39, 0.29) is 18.6 Å². The number of amides is 1. The Morgan fingerprint density at radius 1 is 0.974 bits per heavy atom. The second-order valence-corrected chi connectivity index (χ2v) is 11.1. The molecule has 3 heterocycles. The van der Waals surface area contributed by atoms with Gasteiger partial charge in [-0.1, -0.05) is 23.7 Å². The number of hydrogen-bond acceptors (Lipinski definition) is 4. The van der Waals surface area contributed by atoms with Crippen molar-refractivity contribution >= 4 is 23.4 Å². The van der Waals surface area contributed by atoms with Crippen LogP contribution in [0.2, 0.25) is 5.02 Å². The second kappa shape index (κ2) is 10.6. The van der Waals surface area contributed by atoms with E-state index in [0.29, 0.717) is 50.3 Å². The SMILES string of the molecule is CC1(F)CCN(c2cccc(CN3CCCC34CCN(C(=O)OC(C(F)(F)F)C(F)(F)F)CC4)c2Cl)CC1. The van der Waals surface area contributed by atoms with Gasteiger partial charge in [0, 0.05) is 38.3 Å². The van der Waals surface area contributed by atoms with Crippen LogP contribution in [-0.2, 0) is 11.3 Å². The number of benzene rings is 1. The molecule has 0 unspecified atom stereocenters. The Hall–Kier alpha value is -1.95. The van der Waals surface area contributed by atoms with E-state index in [1.165, 1.54) is 0 Å². The molecule has 3 fully saturated rings. The zero-order valence-corrected chi connectivity index (χ0v) is 21.7. The lowest BCUT2D eigenvalue weighted by atomic mass is 9.85. The van der Waals surface area contributed by atoms with Crippen LogP contribution in [-0.4, -0.2) is 78.3 Å². The number of piperidine rings is 2. The summed E-state index contributed by atoms with van der Waals surface area (Å²) in [6.07, 6.45) is -14.0. The number of carbonyl (C=O) groups excluding carboxylic acids is 1. The standard InChI is InChI=1S/C25H31ClF7N3O2/c1-22(27)7-12-34(13-8-22)18-5-2-4-17(19(18)26)16-36-11-3-6-23(36)9-14-35(15-10-23)21(37)38-20(24(28,29)30)25(31,32)33/h2,4-5,20H,3,6-16H2,1H3. The van der Waals surface area contributed by atoms with Crippen molar-refractivity contribution in [1.29, 1.82) is 0 Å². The third-order valence-electron chi connectivity index (χ3n) is 8.07. The van der Waals surface area contributed by atoms with Gasteiger partial charge in [-0.05, 0) is 63.6 Å². The lowest BCUT2D eigenvalue weighted by Crippen LogP contribution is -2.54. The molecule has 1 aromatic rings. The number of likely N-dealkylation sites (tertiary alicyclic amines) is 2. The maximum absolute atomic E-state index is 14.3. The van der Waals surface area contributed by atoms with E-state index in [9.17, 15) is 35.5 Å². The van der Waals surface area contributed by atoms with E-state index in [2.05, 4.69) is 14.5 Å². The summed E-state index contributed by atoms with van der Waals surface area (Å²) in [6, 6.07) is 5.73. The first-order chi connectivity index (χ1) is 17.6. The molecule has 5 nitrogen and oxygen atoms in total. The molecule has 0 saturated carbocycles. The Labute approximate surface area is 221 Å². The summed E-state index contributed by atoms with van der Waals surface area (Å²) in [4.78, 5) is 17.4. The fraction of sp³-hybridized carbons (Fsp3) is 0.720. The molecule has 214 valence electrons. The highest BCUT2D eigenvalue weighted by Gasteiger charge is 2.60. The van der Waals surface area contributed by atoms with Crippen LogP contribution in [0.3, 0.4) is 0 Å². The molecule has 1 aromatic carbocycles. The highest BCUT2D eigenvalue weighted by atomic mass is 35.5. The molecule has 0 N–H and O–H groups in total. The molecule has 3 saturated heterocycles. The van der Waals surface area contributed by atoms with Gasteiger partial charge in [0.2, 0.25) is 0 Å². The van der Waals surface area contributed by atoms with Gasteiger partial charge in [-0.15, -0.1) is 0 Å². The Kier molecular flexibility index (Phi) is 8.07. The zero-order chi connectivity index (χ0) is 27.9. The molecule has 1 amide bonds. The van der Waals surface area contributed by atoms with Crippen molar-refractivity contribution in [1.82, 2.24) is 9.80 Å². The van der Waals surface area contributed by atoms with E-state index in [1.807, 2.05) is 18.2 Å². The van der Waals surface area contributed by atoms with Crippen LogP contribution in [0.4, 0.5) is 41.2 Å². The number of rotatable bonds is 4. The van der Waals surface area contributed by atoms with E-state index >= 15 is 0 Å². The quantitative estimate of drug-likeness (QED) is 0.374. The fourth-order valence-electron chi connectivity index (χ4n) is 5.76. The van der Waals surface area contributed by atoms with E-state index in [0.717, 1.165) is 35.5 Å². The van der Waals surface area contributed by atoms with Crippen molar-refractivity contribution in [2.45, 2.75) is 81.7 Å². The Morgan fingerprint density at radius 2 is 1.58 bits per heavy atom. The summed E-state index contributed by atoms with van der Waals surface area (Å²) in [5.41, 5.74) is 0.197. The number of ether oxygens (including phenoxy) is 1. The van der Waals surface area contributed by atoms with Crippen molar-refractivity contribution in [2.75, 3.05) is 37.6 Å². The van der Waals surface area contributed by atoms with E-state index < -0.39 is 30.2 Å². The van der Waals surface area contributed by atoms with Gasteiger partial charge in [0.05, 0.1) is 10.7 Å². The summed E-state index contributed by atoms with van der Waals surface area (Å²) in [6.45, 7) is 3.95. The van der Waals surface area contributed by atoms with Crippen molar-refractivity contribution in [3.8, 4) is 0 Å². The van der Waals surface area contributed by atoms with Crippen molar-refractivity contribution in [2.24, 2.45) is 0 Å². The van der Waals surface area contributed by atoms with Crippen LogP contribution in [0.15, 0.2) is 18.2 Å². The van der Waals surface area contributed by atoms with Gasteiger partial charge >= 0.3 is 18.4 Å². The summed E-state index contributed by atoms with van der Waals surface area (Å²) in [5.74, 6) is 0. The van der Waals surface area contributed by atoms with Crippen LogP contribution in [0.1, 0.15) is 51.0 Å². The minimum Gasteiger partial charge on any atom is -0.426 e. The first kappa shape index (κ1) is 29.0. The van der Waals surface area contributed by atoms with E-state index in [1.54, 1.807) is 6.92 Å². The van der Waals surface area contributed by atoms with E-state index in [4.69, 9.17) is 11.6 Å². The van der Waals surface area contributed by atoms with Gasteiger partial charge in [-0.25, -0.2) is 9.18 Å². The molecule has 1 spiro atoms. The van der Waals surface area contributed by atoms with Gasteiger partial charge in [-0.3, -0.25) is 4.90 Å². The Balaban J connectivity index is 1.40. The highest BCUT2D eigenvalue weighted by Crippen LogP contribution is 2.42. The number of halogens is 8. The van der Waals surface area contributed by atoms with Crippen molar-refractivity contribution in [3.63, 3.8) is 0 Å². The smallest absolute Gasteiger partial charge is 0.426 e. The molecule has 0 aromatic heterocycles. The van der Waals surface area contributed by atoms with Crippen molar-refractivity contribution < 1.29 is 40.3 Å². The second-order valence-electron chi connectivity index (χ2n) is 10.7. The third-order valence-corrected chi connectivity index (χ3v) is 8.51. The molecule has 0 atom stereocenters. The fourth-order valence-corrected chi connectivity index (χ4v) is 6.06. The summed E-state index contributed by atoms with van der Waals surface area (Å²) >= 11 is 6.79. The molecular formula is C25H31ClF7N3O2. The first-order valence-corrected chi connectivity index (χ1v) is 13.0. The minimum absolute atomic E-state index is 0.0126. The third kappa shape index (κ3) is 6.26. The largest absolute Gasteiger partial charge is 0.434 e. The minimum atomic E-state index is -5.75. The summed E-state index contributed by atoms with van der Waals surface area (Å²) in [5, 5.41) is 0.586. The van der Waals surface area contributed by atoms with Gasteiger partial charge in [0.15, 0.2) is 0 Å². The zero-order valence-electron chi connectivity index (χ0n) is 21.0. The number of hydrogen-bond donors (Lipinski definition) is 0. The van der Waals surface area contributed by atoms with Gasteiger partial charge in [-0.2, -0.15) is 26.3 Å². The average molecular weight is 574 g/mol. The molecule has 0 bridgehead atoms. The number of alkyl halides is 7. The molecule has 38 heavy (non-hydrogen) atoms. The molecule has 0 aliphatic carbocycles. The predicted molar refractivity (Wildman–Crippen MR) is 128 cm³/mol. The maximum atomic E-state index is 14.3. The molecular weight excluding hydrogens is 543 g/mol. The Bertz CT molecular complexity index is 986. The molecule has 0 radical (unpaired) electrons. The molecule has 13 heteroatoms. The lowest BCUT2D eigenvalue weighted by molar-refractivity contribution is -0.308. The molecule has 3 aliphatic heterocycles. The van der Waals surface area contributed by atoms with Crippen LogP contribution in [0.25, 0.3) is 0 Å². The topological polar surface area (TPSA) is 36.0 Å². The lowest BCUT2D eigenvalue weighted by Gasteiger charge is -2.45. The summed E-state index contributed by atoms with van der Waals surface area (Å²) in [7, 11) is 0. The number of nitrogens with zero attached hydrogens (tertiary/aromatic N) is 3. The molecule has 3 aliphatic rings. The average Bonchev–Trinajstić information content (AvgIpc) is 3.19. The van der Waals surface area contributed by atoms with Crippen LogP contribution < -0.4 is 4.90 Å². The van der Waals surface area contributed by atoms with Crippen molar-refractivity contribution in [3.05, 3.63) is 28.8 Å². The Morgan fingerprint density at radius 3 is 2.16 bits per heavy atom. The molecule has 4 rings (SSSR count). The summed E-state index contributed by atoms with van der Waals surface area (Å²) < 4.78 is 94.9. The van der Waals surface area contributed by atoms with Gasteiger partial charge in [0.25, 0.3) is 6.10 Å². The monoisotopic (exact) mass is 573 g/mol. The number of carbonyl (C=O) groups is 1. The normalized spacial score (nSPS) is 22.4. The van der Waals surface area contributed by atoms with Crippen LogP contribution in [0.5, 0.6) is 0 Å². The van der Waals surface area contributed by atoms with Gasteiger partial charge < -0.3 is 14.5 Å². The first-order valence-electron chi connectivity index (χ1n) is 12.7. The van der Waals surface area contributed by atoms with Gasteiger partial charge in [0.1, 0.15) is 5.67 Å². The highest BCUT2D eigenvalue weighted by molar-refractivity contribution is 6.34. The maximum Gasteiger partial charge on any atom is 0.434 e. The predicted octanol–water partition coefficient (Wildman–Crippen LogP) is 6.73.